The van der Waals surface area contributed by atoms with Gasteiger partial charge in [-0.05, 0) is 6.42 Å². The van der Waals surface area contributed by atoms with Crippen molar-refractivity contribution >= 4 is 7.85 Å². The van der Waals surface area contributed by atoms with Crippen LogP contribution in [0.15, 0.2) is 12.2 Å². The molecule has 0 saturated heterocycles. The van der Waals surface area contributed by atoms with E-state index in [0.29, 0.717) is 6.42 Å². The zero-order valence-corrected chi connectivity index (χ0v) is 5.77. The second-order valence-electron chi connectivity index (χ2n) is 2.70. The molecule has 2 N–H and O–H groups in total. The van der Waals surface area contributed by atoms with Crippen molar-refractivity contribution in [3.05, 3.63) is 12.2 Å². The van der Waals surface area contributed by atoms with Crippen molar-refractivity contribution in [1.29, 1.82) is 0 Å². The van der Waals surface area contributed by atoms with Gasteiger partial charge in [-0.2, -0.15) is 0 Å². The van der Waals surface area contributed by atoms with E-state index in [1.54, 1.807) is 6.08 Å². The molecular weight excluding hydrogens is 127 g/mol. The molecule has 0 aromatic rings. The predicted molar refractivity (Wildman–Crippen MR) is 39.8 cm³/mol. The highest BCUT2D eigenvalue weighted by molar-refractivity contribution is 6.13. The fourth-order valence-corrected chi connectivity index (χ4v) is 1.13. The Bertz CT molecular complexity index is 136. The van der Waals surface area contributed by atoms with Crippen molar-refractivity contribution in [3.8, 4) is 0 Å². The van der Waals surface area contributed by atoms with Crippen molar-refractivity contribution in [2.24, 2.45) is 5.92 Å². The molecule has 0 spiro atoms. The Morgan fingerprint density at radius 2 is 2.20 bits per heavy atom. The molecule has 2 radical (unpaired) electrons. The molecular formula is C7H11BO2. The van der Waals surface area contributed by atoms with Gasteiger partial charge in [0.25, 0.3) is 0 Å². The molecule has 0 amide bonds. The van der Waals surface area contributed by atoms with Crippen LogP contribution < -0.4 is 0 Å². The lowest BCUT2D eigenvalue weighted by atomic mass is 9.75. The SMILES string of the molecule is [B]C1C=CC(CO)C(O)C1. The van der Waals surface area contributed by atoms with Crippen LogP contribution in [0.2, 0.25) is 5.82 Å². The summed E-state index contributed by atoms with van der Waals surface area (Å²) in [5.74, 6) is -0.155. The van der Waals surface area contributed by atoms with Gasteiger partial charge in [0.15, 0.2) is 0 Å². The molecule has 3 atom stereocenters. The van der Waals surface area contributed by atoms with E-state index in [9.17, 15) is 5.11 Å². The zero-order valence-electron chi connectivity index (χ0n) is 5.77. The van der Waals surface area contributed by atoms with Gasteiger partial charge in [0.2, 0.25) is 0 Å². The summed E-state index contributed by atoms with van der Waals surface area (Å²) in [5.41, 5.74) is 0. The third-order valence-corrected chi connectivity index (χ3v) is 1.82. The standard InChI is InChI=1S/C7H11BO2/c8-6-2-1-5(4-9)7(10)3-6/h1-2,5-7,9-10H,3-4H2. The minimum Gasteiger partial charge on any atom is -0.396 e. The average Bonchev–Trinajstić information content (AvgIpc) is 1.88. The van der Waals surface area contributed by atoms with Crippen molar-refractivity contribution in [2.75, 3.05) is 6.61 Å². The van der Waals surface area contributed by atoms with Gasteiger partial charge in [0.05, 0.1) is 20.6 Å². The monoisotopic (exact) mass is 138 g/mol. The van der Waals surface area contributed by atoms with Crippen molar-refractivity contribution < 1.29 is 10.2 Å². The van der Waals surface area contributed by atoms with Crippen LogP contribution >= 0.6 is 0 Å². The van der Waals surface area contributed by atoms with E-state index in [2.05, 4.69) is 0 Å². The molecule has 0 bridgehead atoms. The summed E-state index contributed by atoms with van der Waals surface area (Å²) >= 11 is 0. The van der Waals surface area contributed by atoms with Crippen LogP contribution in [-0.2, 0) is 0 Å². The quantitative estimate of drug-likeness (QED) is 0.391. The van der Waals surface area contributed by atoms with Gasteiger partial charge < -0.3 is 10.2 Å². The van der Waals surface area contributed by atoms with E-state index in [-0.39, 0.29) is 18.3 Å². The summed E-state index contributed by atoms with van der Waals surface area (Å²) in [6.07, 6.45) is 3.69. The number of hydrogen-bond donors (Lipinski definition) is 2. The van der Waals surface area contributed by atoms with Crippen LogP contribution in [0.5, 0.6) is 0 Å². The predicted octanol–water partition coefficient (Wildman–Crippen LogP) is -0.127. The molecule has 1 rings (SSSR count). The molecule has 3 heteroatoms. The fourth-order valence-electron chi connectivity index (χ4n) is 1.13. The highest BCUT2D eigenvalue weighted by Gasteiger charge is 2.20. The fraction of sp³-hybridized carbons (Fsp3) is 0.714. The Morgan fingerprint density at radius 3 is 2.70 bits per heavy atom. The topological polar surface area (TPSA) is 40.5 Å². The molecule has 54 valence electrons. The molecule has 0 aromatic carbocycles. The summed E-state index contributed by atoms with van der Waals surface area (Å²) in [7, 11) is 5.51. The van der Waals surface area contributed by atoms with E-state index >= 15 is 0 Å². The van der Waals surface area contributed by atoms with Gasteiger partial charge >= 0.3 is 0 Å². The summed E-state index contributed by atoms with van der Waals surface area (Å²) in [6, 6.07) is 0. The van der Waals surface area contributed by atoms with E-state index < -0.39 is 6.10 Å². The molecule has 10 heavy (non-hydrogen) atoms. The Hall–Kier alpha value is -0.275. The largest absolute Gasteiger partial charge is 0.396 e. The highest BCUT2D eigenvalue weighted by Crippen LogP contribution is 2.23. The molecule has 1 aliphatic rings. The first-order valence-corrected chi connectivity index (χ1v) is 3.47. The van der Waals surface area contributed by atoms with Gasteiger partial charge in [-0.3, -0.25) is 0 Å². The second-order valence-corrected chi connectivity index (χ2v) is 2.70. The van der Waals surface area contributed by atoms with Crippen LogP contribution in [-0.4, -0.2) is 30.8 Å². The maximum atomic E-state index is 9.25. The second kappa shape index (κ2) is 3.22. The maximum Gasteiger partial charge on any atom is 0.0756 e. The van der Waals surface area contributed by atoms with Crippen LogP contribution in [0, 0.1) is 5.92 Å². The van der Waals surface area contributed by atoms with Crippen molar-refractivity contribution in [1.82, 2.24) is 0 Å². The lowest BCUT2D eigenvalue weighted by Gasteiger charge is -2.24. The van der Waals surface area contributed by atoms with Gasteiger partial charge in [0, 0.05) is 5.92 Å². The van der Waals surface area contributed by atoms with E-state index in [1.165, 1.54) is 0 Å². The zero-order chi connectivity index (χ0) is 7.56. The normalized spacial score (nSPS) is 40.0. The maximum absolute atomic E-state index is 9.25. The first kappa shape index (κ1) is 7.83. The average molecular weight is 138 g/mol. The minimum absolute atomic E-state index is 0.00435. The molecule has 0 aromatic heterocycles. The Balaban J connectivity index is 2.53. The number of allylic oxidation sites excluding steroid dienone is 1. The molecule has 0 aliphatic heterocycles. The molecule has 0 saturated carbocycles. The summed E-state index contributed by atoms with van der Waals surface area (Å²) in [6.45, 7) is 0.00435. The highest BCUT2D eigenvalue weighted by atomic mass is 16.3. The number of aliphatic hydroxyl groups is 2. The minimum atomic E-state index is -0.468. The molecule has 1 aliphatic carbocycles. The van der Waals surface area contributed by atoms with E-state index in [4.69, 9.17) is 13.0 Å². The first-order valence-electron chi connectivity index (χ1n) is 3.47. The lowest BCUT2D eigenvalue weighted by molar-refractivity contribution is 0.0808. The number of aliphatic hydroxyl groups excluding tert-OH is 2. The summed E-state index contributed by atoms with van der Waals surface area (Å²) < 4.78 is 0. The van der Waals surface area contributed by atoms with Gasteiger partial charge in [0.1, 0.15) is 0 Å². The molecule has 0 heterocycles. The van der Waals surface area contributed by atoms with E-state index in [0.717, 1.165) is 0 Å². The van der Waals surface area contributed by atoms with Gasteiger partial charge in [-0.1, -0.05) is 18.0 Å². The lowest BCUT2D eigenvalue weighted by Crippen LogP contribution is -2.26. The Labute approximate surface area is 62.0 Å². The summed E-state index contributed by atoms with van der Waals surface area (Å²) in [4.78, 5) is 0. The first-order chi connectivity index (χ1) is 4.74. The van der Waals surface area contributed by atoms with Crippen LogP contribution in [0.1, 0.15) is 6.42 Å². The summed E-state index contributed by atoms with van der Waals surface area (Å²) in [5, 5.41) is 17.9. The smallest absolute Gasteiger partial charge is 0.0756 e. The van der Waals surface area contributed by atoms with Crippen LogP contribution in [0.25, 0.3) is 0 Å². The van der Waals surface area contributed by atoms with Crippen LogP contribution in [0.4, 0.5) is 0 Å². The molecule has 3 unspecified atom stereocenters. The third kappa shape index (κ3) is 1.61. The number of rotatable bonds is 1. The Morgan fingerprint density at radius 1 is 1.50 bits per heavy atom. The van der Waals surface area contributed by atoms with Gasteiger partial charge in [-0.15, -0.1) is 0 Å². The van der Waals surface area contributed by atoms with Crippen molar-refractivity contribution in [2.45, 2.75) is 18.3 Å². The Kier molecular flexibility index (Phi) is 2.52. The number of hydrogen-bond acceptors (Lipinski definition) is 2. The third-order valence-electron chi connectivity index (χ3n) is 1.82. The van der Waals surface area contributed by atoms with Crippen LogP contribution in [0.3, 0.4) is 0 Å². The molecule has 0 fully saturated rings. The van der Waals surface area contributed by atoms with Gasteiger partial charge in [-0.25, -0.2) is 0 Å². The van der Waals surface area contributed by atoms with Crippen molar-refractivity contribution in [3.63, 3.8) is 0 Å². The molecule has 2 nitrogen and oxygen atoms in total. The van der Waals surface area contributed by atoms with E-state index in [1.807, 2.05) is 6.08 Å².